The van der Waals surface area contributed by atoms with Crippen LogP contribution in [0.5, 0.6) is 11.5 Å². The van der Waals surface area contributed by atoms with Crippen molar-refractivity contribution >= 4 is 35.0 Å². The molecule has 6 heteroatoms. The Morgan fingerprint density at radius 1 is 0.815 bits per heavy atom. The lowest BCUT2D eigenvalue weighted by atomic mass is 10.0. The van der Waals surface area contributed by atoms with Crippen molar-refractivity contribution in [3.05, 3.63) is 94.0 Å². The molecule has 0 fully saturated rings. The third-order valence-corrected chi connectivity index (χ3v) is 4.17. The zero-order chi connectivity index (χ0) is 19.2. The van der Waals surface area contributed by atoms with Gasteiger partial charge in [-0.3, -0.25) is 4.79 Å². The third kappa shape index (κ3) is 5.09. The Hall–Kier alpha value is -2.82. The molecular weight excluding hydrogens is 387 g/mol. The van der Waals surface area contributed by atoms with E-state index in [1.807, 2.05) is 18.2 Å². The van der Waals surface area contributed by atoms with Gasteiger partial charge in [0, 0.05) is 22.2 Å². The Kier molecular flexibility index (Phi) is 6.12. The van der Waals surface area contributed by atoms with Crippen LogP contribution in [0.2, 0.25) is 10.0 Å². The Bertz CT molecular complexity index is 954. The number of rotatable bonds is 6. The summed E-state index contributed by atoms with van der Waals surface area (Å²) in [6, 6.07) is 20.1. The number of ketones is 1. The first kappa shape index (κ1) is 19.0. The van der Waals surface area contributed by atoms with E-state index in [0.717, 1.165) is 0 Å². The van der Waals surface area contributed by atoms with E-state index >= 15 is 0 Å². The van der Waals surface area contributed by atoms with E-state index in [9.17, 15) is 9.59 Å². The minimum Gasteiger partial charge on any atom is -0.482 e. The van der Waals surface area contributed by atoms with E-state index in [1.165, 1.54) is 12.1 Å². The average Bonchev–Trinajstić information content (AvgIpc) is 2.70. The highest BCUT2D eigenvalue weighted by Gasteiger charge is 2.11. The number of ether oxygens (including phenoxy) is 2. The van der Waals surface area contributed by atoms with Crippen molar-refractivity contribution in [1.82, 2.24) is 0 Å². The summed E-state index contributed by atoms with van der Waals surface area (Å²) in [5, 5.41) is 0.679. The standard InChI is InChI=1S/C21H14Cl2O4/c22-16-8-11-18(23)19(12-16)27-20(24)13-26-17-9-6-15(7-10-17)21(25)14-4-2-1-3-5-14/h1-12H,13H2. The van der Waals surface area contributed by atoms with Crippen molar-refractivity contribution < 1.29 is 19.1 Å². The lowest BCUT2D eigenvalue weighted by Gasteiger charge is -2.09. The summed E-state index contributed by atoms with van der Waals surface area (Å²) in [6.45, 7) is -0.311. The molecule has 3 rings (SSSR count). The Morgan fingerprint density at radius 2 is 1.48 bits per heavy atom. The van der Waals surface area contributed by atoms with Gasteiger partial charge < -0.3 is 9.47 Å². The number of benzene rings is 3. The molecule has 0 aliphatic carbocycles. The maximum Gasteiger partial charge on any atom is 0.349 e. The summed E-state index contributed by atoms with van der Waals surface area (Å²) in [6.07, 6.45) is 0. The van der Waals surface area contributed by atoms with Crippen LogP contribution in [0.1, 0.15) is 15.9 Å². The van der Waals surface area contributed by atoms with Crippen molar-refractivity contribution in [2.45, 2.75) is 0 Å². The van der Waals surface area contributed by atoms with Crippen molar-refractivity contribution in [2.75, 3.05) is 6.61 Å². The second kappa shape index (κ2) is 8.71. The van der Waals surface area contributed by atoms with E-state index in [4.69, 9.17) is 32.7 Å². The highest BCUT2D eigenvalue weighted by Crippen LogP contribution is 2.27. The van der Waals surface area contributed by atoms with E-state index in [0.29, 0.717) is 21.9 Å². The maximum absolute atomic E-state index is 12.3. The van der Waals surface area contributed by atoms with Crippen molar-refractivity contribution in [2.24, 2.45) is 0 Å². The van der Waals surface area contributed by atoms with Gasteiger partial charge in [-0.05, 0) is 36.4 Å². The molecule has 0 aliphatic rings. The summed E-state index contributed by atoms with van der Waals surface area (Å²) in [4.78, 5) is 24.3. The molecule has 3 aromatic rings. The van der Waals surface area contributed by atoms with Gasteiger partial charge in [0.15, 0.2) is 18.1 Å². The highest BCUT2D eigenvalue weighted by molar-refractivity contribution is 6.34. The van der Waals surface area contributed by atoms with Crippen LogP contribution in [0, 0.1) is 0 Å². The van der Waals surface area contributed by atoms with Crippen LogP contribution in [-0.4, -0.2) is 18.4 Å². The van der Waals surface area contributed by atoms with Gasteiger partial charge >= 0.3 is 5.97 Å². The lowest BCUT2D eigenvalue weighted by Crippen LogP contribution is -2.17. The van der Waals surface area contributed by atoms with E-state index < -0.39 is 5.97 Å². The molecule has 0 N–H and O–H groups in total. The summed E-state index contributed by atoms with van der Waals surface area (Å²) in [5.74, 6) is -0.101. The number of carbonyl (C=O) groups excluding carboxylic acids is 2. The summed E-state index contributed by atoms with van der Waals surface area (Å²) < 4.78 is 10.5. The average molecular weight is 401 g/mol. The van der Waals surface area contributed by atoms with Crippen molar-refractivity contribution in [3.8, 4) is 11.5 Å². The van der Waals surface area contributed by atoms with Crippen LogP contribution >= 0.6 is 23.2 Å². The quantitative estimate of drug-likeness (QED) is 0.323. The Morgan fingerprint density at radius 3 is 2.19 bits per heavy atom. The fraction of sp³-hybridized carbons (Fsp3) is 0.0476. The third-order valence-electron chi connectivity index (χ3n) is 3.63. The largest absolute Gasteiger partial charge is 0.482 e. The number of halogens is 2. The van der Waals surface area contributed by atoms with Gasteiger partial charge in [-0.15, -0.1) is 0 Å². The molecular formula is C21H14Cl2O4. The van der Waals surface area contributed by atoms with Crippen LogP contribution in [0.3, 0.4) is 0 Å². The van der Waals surface area contributed by atoms with Crippen LogP contribution in [0.25, 0.3) is 0 Å². The molecule has 3 aromatic carbocycles. The second-order valence-corrected chi connectivity index (χ2v) is 6.40. The lowest BCUT2D eigenvalue weighted by molar-refractivity contribution is -0.136. The molecule has 0 atom stereocenters. The monoisotopic (exact) mass is 400 g/mol. The topological polar surface area (TPSA) is 52.6 Å². The molecule has 0 unspecified atom stereocenters. The molecule has 0 amide bonds. The minimum atomic E-state index is -0.622. The van der Waals surface area contributed by atoms with Crippen LogP contribution in [0.4, 0.5) is 0 Å². The summed E-state index contributed by atoms with van der Waals surface area (Å²) in [5.41, 5.74) is 1.13. The molecule has 0 radical (unpaired) electrons. The van der Waals surface area contributed by atoms with Gasteiger partial charge in [0.1, 0.15) is 5.75 Å². The van der Waals surface area contributed by atoms with Gasteiger partial charge in [0.05, 0.1) is 5.02 Å². The number of esters is 1. The zero-order valence-corrected chi connectivity index (χ0v) is 15.5. The number of hydrogen-bond acceptors (Lipinski definition) is 4. The predicted octanol–water partition coefficient (Wildman–Crippen LogP) is 5.21. The van der Waals surface area contributed by atoms with Crippen LogP contribution in [-0.2, 0) is 4.79 Å². The van der Waals surface area contributed by atoms with Gasteiger partial charge in [-0.1, -0.05) is 53.5 Å². The van der Waals surface area contributed by atoms with E-state index in [2.05, 4.69) is 0 Å². The summed E-state index contributed by atoms with van der Waals surface area (Å²) in [7, 11) is 0. The first-order valence-electron chi connectivity index (χ1n) is 8.01. The van der Waals surface area contributed by atoms with Crippen molar-refractivity contribution in [3.63, 3.8) is 0 Å². The summed E-state index contributed by atoms with van der Waals surface area (Å²) >= 11 is 11.8. The molecule has 0 saturated heterocycles. The molecule has 4 nitrogen and oxygen atoms in total. The molecule has 0 saturated carbocycles. The molecule has 0 bridgehead atoms. The van der Waals surface area contributed by atoms with Crippen molar-refractivity contribution in [1.29, 1.82) is 0 Å². The van der Waals surface area contributed by atoms with Gasteiger partial charge in [-0.25, -0.2) is 4.79 Å². The molecule has 136 valence electrons. The molecule has 0 heterocycles. The van der Waals surface area contributed by atoms with Gasteiger partial charge in [0.25, 0.3) is 0 Å². The SMILES string of the molecule is O=C(COc1ccc(C(=O)c2ccccc2)cc1)Oc1cc(Cl)ccc1Cl. The first-order chi connectivity index (χ1) is 13.0. The Balaban J connectivity index is 1.58. The van der Waals surface area contributed by atoms with E-state index in [1.54, 1.807) is 42.5 Å². The molecule has 0 spiro atoms. The number of carbonyl (C=O) groups is 2. The highest BCUT2D eigenvalue weighted by atomic mass is 35.5. The fourth-order valence-corrected chi connectivity index (χ4v) is 2.63. The Labute approximate surface area is 166 Å². The minimum absolute atomic E-state index is 0.0860. The van der Waals surface area contributed by atoms with E-state index in [-0.39, 0.29) is 23.2 Å². The van der Waals surface area contributed by atoms with Gasteiger partial charge in [0.2, 0.25) is 0 Å². The first-order valence-corrected chi connectivity index (χ1v) is 8.77. The van der Waals surface area contributed by atoms with Gasteiger partial charge in [-0.2, -0.15) is 0 Å². The molecule has 27 heavy (non-hydrogen) atoms. The van der Waals surface area contributed by atoms with Crippen LogP contribution in [0.15, 0.2) is 72.8 Å². The number of hydrogen-bond donors (Lipinski definition) is 0. The molecule has 0 aromatic heterocycles. The second-order valence-electron chi connectivity index (χ2n) is 5.56. The fourth-order valence-electron chi connectivity index (χ4n) is 2.31. The van der Waals surface area contributed by atoms with Crippen LogP contribution < -0.4 is 9.47 Å². The molecule has 0 aliphatic heterocycles. The normalized spacial score (nSPS) is 10.3. The maximum atomic E-state index is 12.3. The smallest absolute Gasteiger partial charge is 0.349 e. The predicted molar refractivity (Wildman–Crippen MR) is 104 cm³/mol. The zero-order valence-electron chi connectivity index (χ0n) is 14.0.